The van der Waals surface area contributed by atoms with Crippen LogP contribution in [0, 0.1) is 17.6 Å². The molecule has 0 radical (unpaired) electrons. The van der Waals surface area contributed by atoms with Gasteiger partial charge < -0.3 is 5.32 Å². The number of nitrogens with one attached hydrogen (secondary N) is 1. The molecule has 0 unspecified atom stereocenters. The summed E-state index contributed by atoms with van der Waals surface area (Å²) >= 11 is 0. The number of halogens is 2. The summed E-state index contributed by atoms with van der Waals surface area (Å²) in [5, 5.41) is 15.9. The smallest absolute Gasteiger partial charge is 0.162 e. The Morgan fingerprint density at radius 3 is 2.88 bits per heavy atom. The second kappa shape index (κ2) is 6.24. The lowest BCUT2D eigenvalue weighted by Gasteiger charge is -2.30. The predicted molar refractivity (Wildman–Crippen MR) is 85.4 cm³/mol. The summed E-state index contributed by atoms with van der Waals surface area (Å²) in [4.78, 5) is 1.33. The first-order chi connectivity index (χ1) is 11.8. The van der Waals surface area contributed by atoms with Crippen LogP contribution in [-0.2, 0) is 0 Å². The summed E-state index contributed by atoms with van der Waals surface area (Å²) in [6, 6.07) is 7.65. The van der Waals surface area contributed by atoms with Crippen LogP contribution in [0.4, 0.5) is 8.78 Å². The minimum absolute atomic E-state index is 0.00175. The van der Waals surface area contributed by atoms with Gasteiger partial charge in [0.1, 0.15) is 17.7 Å². The maximum absolute atomic E-state index is 15.2. The number of hydrogen-bond donors (Lipinski definition) is 1. The second-order valence-electron chi connectivity index (χ2n) is 6.11. The minimum atomic E-state index is -0.620. The van der Waals surface area contributed by atoms with Crippen molar-refractivity contribution in [1.82, 2.24) is 25.5 Å². The highest BCUT2D eigenvalue weighted by molar-refractivity contribution is 5.84. The topological polar surface area (TPSA) is 55.6 Å². The van der Waals surface area contributed by atoms with Crippen molar-refractivity contribution in [2.45, 2.75) is 18.9 Å². The van der Waals surface area contributed by atoms with Crippen molar-refractivity contribution in [3.05, 3.63) is 53.9 Å². The Hall–Kier alpha value is -2.41. The first kappa shape index (κ1) is 15.1. The average molecular weight is 329 g/mol. The van der Waals surface area contributed by atoms with E-state index < -0.39 is 17.7 Å². The van der Waals surface area contributed by atoms with Gasteiger partial charge in [-0.2, -0.15) is 4.80 Å². The van der Waals surface area contributed by atoms with Crippen molar-refractivity contribution in [1.29, 1.82) is 0 Å². The molecule has 1 saturated heterocycles. The molecule has 0 saturated carbocycles. The van der Waals surface area contributed by atoms with Gasteiger partial charge in [0.05, 0.1) is 5.56 Å². The molecule has 2 atom stereocenters. The van der Waals surface area contributed by atoms with Gasteiger partial charge in [0.2, 0.25) is 0 Å². The molecule has 1 aliphatic rings. The quantitative estimate of drug-likeness (QED) is 0.803. The fraction of sp³-hybridized carbons (Fsp3) is 0.353. The first-order valence-electron chi connectivity index (χ1n) is 8.05. The van der Waals surface area contributed by atoms with Crippen LogP contribution >= 0.6 is 0 Å². The van der Waals surface area contributed by atoms with Crippen LogP contribution < -0.4 is 5.32 Å². The number of benzene rings is 2. The highest BCUT2D eigenvalue weighted by Crippen LogP contribution is 2.36. The molecular weight excluding hydrogens is 312 g/mol. The maximum atomic E-state index is 15.2. The van der Waals surface area contributed by atoms with Crippen LogP contribution in [-0.4, -0.2) is 33.3 Å². The fourth-order valence-electron chi connectivity index (χ4n) is 3.55. The molecule has 1 aliphatic heterocycles. The molecule has 0 amide bonds. The number of aromatic nitrogens is 4. The predicted octanol–water partition coefficient (Wildman–Crippen LogP) is 2.69. The summed E-state index contributed by atoms with van der Waals surface area (Å²) in [5.74, 6) is -1.12. The van der Waals surface area contributed by atoms with Gasteiger partial charge in [-0.05, 0) is 36.1 Å². The molecule has 0 aliphatic carbocycles. The van der Waals surface area contributed by atoms with E-state index in [-0.39, 0.29) is 11.5 Å². The molecule has 3 aromatic rings. The zero-order chi connectivity index (χ0) is 16.5. The van der Waals surface area contributed by atoms with Crippen molar-refractivity contribution in [3.63, 3.8) is 0 Å². The third-order valence-corrected chi connectivity index (χ3v) is 4.66. The zero-order valence-corrected chi connectivity index (χ0v) is 13.0. The van der Waals surface area contributed by atoms with E-state index in [9.17, 15) is 4.39 Å². The Labute approximate surface area is 137 Å². The van der Waals surface area contributed by atoms with Crippen molar-refractivity contribution in [2.24, 2.45) is 5.92 Å². The van der Waals surface area contributed by atoms with Crippen LogP contribution in [0.25, 0.3) is 10.8 Å². The van der Waals surface area contributed by atoms with E-state index in [1.807, 2.05) is 0 Å². The Morgan fingerprint density at radius 2 is 2.12 bits per heavy atom. The van der Waals surface area contributed by atoms with Crippen molar-refractivity contribution >= 4 is 10.8 Å². The van der Waals surface area contributed by atoms with Crippen molar-refractivity contribution in [3.8, 4) is 0 Å². The monoisotopic (exact) mass is 329 g/mol. The van der Waals surface area contributed by atoms with Gasteiger partial charge in [0, 0.05) is 17.8 Å². The molecule has 2 aromatic carbocycles. The Bertz CT molecular complexity index is 844. The molecule has 0 spiro atoms. The average Bonchev–Trinajstić information content (AvgIpc) is 3.13. The van der Waals surface area contributed by atoms with Gasteiger partial charge in [-0.25, -0.2) is 8.78 Å². The van der Waals surface area contributed by atoms with Gasteiger partial charge in [-0.1, -0.05) is 24.3 Å². The van der Waals surface area contributed by atoms with E-state index in [4.69, 9.17) is 0 Å². The van der Waals surface area contributed by atoms with Gasteiger partial charge in [-0.15, -0.1) is 10.2 Å². The maximum Gasteiger partial charge on any atom is 0.162 e. The number of fused-ring (bicyclic) bond motifs is 1. The van der Waals surface area contributed by atoms with E-state index >= 15 is 4.39 Å². The van der Waals surface area contributed by atoms with Crippen LogP contribution in [0.5, 0.6) is 0 Å². The summed E-state index contributed by atoms with van der Waals surface area (Å²) in [6.45, 7) is 1.58. The number of rotatable bonds is 3. The van der Waals surface area contributed by atoms with Crippen LogP contribution in [0.2, 0.25) is 0 Å². The number of tetrazole rings is 1. The summed E-state index contributed by atoms with van der Waals surface area (Å²) in [5.41, 5.74) is 0.0143. The largest absolute Gasteiger partial charge is 0.316 e. The van der Waals surface area contributed by atoms with Gasteiger partial charge >= 0.3 is 0 Å². The third kappa shape index (κ3) is 2.54. The Balaban J connectivity index is 1.90. The fourth-order valence-corrected chi connectivity index (χ4v) is 3.55. The standard InChI is InChI=1S/C17H17F2N5/c18-14-8-11-4-1-2-6-13(11)16(19)15(14)17(24-22-10-21-23-24)12-5-3-7-20-9-12/h1-2,4,6,8,10,12,17,20H,3,5,7,9H2/t12-,17+/m1/s1. The molecular formula is C17H17F2N5. The molecule has 124 valence electrons. The zero-order valence-electron chi connectivity index (χ0n) is 13.0. The second-order valence-corrected chi connectivity index (χ2v) is 6.11. The summed E-state index contributed by atoms with van der Waals surface area (Å²) in [7, 11) is 0. The third-order valence-electron chi connectivity index (χ3n) is 4.66. The highest BCUT2D eigenvalue weighted by Gasteiger charge is 2.33. The van der Waals surface area contributed by atoms with Gasteiger partial charge in [0.25, 0.3) is 0 Å². The first-order valence-corrected chi connectivity index (χ1v) is 8.05. The molecule has 0 bridgehead atoms. The number of piperidine rings is 1. The Kier molecular flexibility index (Phi) is 3.93. The lowest BCUT2D eigenvalue weighted by atomic mass is 9.86. The molecule has 4 rings (SSSR count). The number of hydrogen-bond acceptors (Lipinski definition) is 4. The number of nitrogens with zero attached hydrogens (tertiary/aromatic N) is 4. The van der Waals surface area contributed by atoms with Gasteiger partial charge in [-0.3, -0.25) is 0 Å². The normalized spacial score (nSPS) is 19.5. The van der Waals surface area contributed by atoms with Crippen LogP contribution in [0.1, 0.15) is 24.4 Å². The molecule has 1 aromatic heterocycles. The minimum Gasteiger partial charge on any atom is -0.316 e. The van der Waals surface area contributed by atoms with E-state index in [2.05, 4.69) is 20.7 Å². The van der Waals surface area contributed by atoms with E-state index in [1.54, 1.807) is 24.3 Å². The van der Waals surface area contributed by atoms with Crippen LogP contribution in [0.3, 0.4) is 0 Å². The molecule has 5 nitrogen and oxygen atoms in total. The molecule has 24 heavy (non-hydrogen) atoms. The molecule has 2 heterocycles. The molecule has 7 heteroatoms. The molecule has 1 fully saturated rings. The lowest BCUT2D eigenvalue weighted by molar-refractivity contribution is 0.251. The SMILES string of the molecule is Fc1cc2ccccc2c(F)c1[C@H]([C@@H]1CCCNC1)n1ncnn1. The van der Waals surface area contributed by atoms with Crippen LogP contribution in [0.15, 0.2) is 36.7 Å². The van der Waals surface area contributed by atoms with E-state index in [0.717, 1.165) is 19.4 Å². The highest BCUT2D eigenvalue weighted by atomic mass is 19.1. The van der Waals surface area contributed by atoms with E-state index in [0.29, 0.717) is 17.3 Å². The lowest BCUT2D eigenvalue weighted by Crippen LogP contribution is -2.37. The van der Waals surface area contributed by atoms with Crippen molar-refractivity contribution in [2.75, 3.05) is 13.1 Å². The summed E-state index contributed by atoms with van der Waals surface area (Å²) < 4.78 is 30.0. The summed E-state index contributed by atoms with van der Waals surface area (Å²) in [6.07, 6.45) is 3.09. The van der Waals surface area contributed by atoms with Crippen molar-refractivity contribution < 1.29 is 8.78 Å². The van der Waals surface area contributed by atoms with Gasteiger partial charge in [0.15, 0.2) is 6.33 Å². The molecule has 1 N–H and O–H groups in total. The Morgan fingerprint density at radius 1 is 1.25 bits per heavy atom. The van der Waals surface area contributed by atoms with E-state index in [1.165, 1.54) is 17.2 Å².